The first-order valence-electron chi connectivity index (χ1n) is 10.7. The van der Waals surface area contributed by atoms with Gasteiger partial charge in [0.25, 0.3) is 5.91 Å². The molecule has 3 aromatic heterocycles. The highest BCUT2D eigenvalue weighted by Gasteiger charge is 2.24. The first-order valence-corrected chi connectivity index (χ1v) is 11.0. The van der Waals surface area contributed by atoms with Gasteiger partial charge in [-0.1, -0.05) is 11.6 Å². The standard InChI is InChI=1S/C22H28ClN7O5/c1-22(2,3)35-21(32)29(4)17-9-16(23)28-18-14(11-27-30(17)18)19(31)25-6-7-34-12-13-8-15(24)20(33-5)26-10-13/h8-11H,6-7,12,24H2,1-5H3,(H,25,31). The second-order valence-corrected chi connectivity index (χ2v) is 8.91. The summed E-state index contributed by atoms with van der Waals surface area (Å²) in [7, 11) is 3.01. The van der Waals surface area contributed by atoms with Crippen molar-refractivity contribution in [2.24, 2.45) is 0 Å². The highest BCUT2D eigenvalue weighted by molar-refractivity contribution is 6.30. The molecule has 35 heavy (non-hydrogen) atoms. The number of anilines is 2. The fraction of sp³-hybridized carbons (Fsp3) is 0.409. The maximum absolute atomic E-state index is 12.7. The molecule has 0 saturated heterocycles. The van der Waals surface area contributed by atoms with Gasteiger partial charge in [0.2, 0.25) is 5.88 Å². The van der Waals surface area contributed by atoms with Crippen LogP contribution in [0.1, 0.15) is 36.7 Å². The third kappa shape index (κ3) is 6.49. The molecule has 0 aromatic carbocycles. The van der Waals surface area contributed by atoms with Crippen molar-refractivity contribution in [2.75, 3.05) is 37.9 Å². The van der Waals surface area contributed by atoms with Crippen LogP contribution in [0.3, 0.4) is 0 Å². The van der Waals surface area contributed by atoms with Crippen LogP contribution in [0.4, 0.5) is 16.3 Å². The number of nitrogens with two attached hydrogens (primary N) is 1. The summed E-state index contributed by atoms with van der Waals surface area (Å²) in [5.74, 6) is 0.229. The van der Waals surface area contributed by atoms with E-state index in [2.05, 4.69) is 20.4 Å². The topological polar surface area (TPSA) is 146 Å². The Hall–Kier alpha value is -3.64. The third-order valence-electron chi connectivity index (χ3n) is 4.61. The molecular formula is C22H28ClN7O5. The van der Waals surface area contributed by atoms with Crippen LogP contribution in [0.15, 0.2) is 24.5 Å². The molecule has 12 nitrogen and oxygen atoms in total. The van der Waals surface area contributed by atoms with Crippen molar-refractivity contribution in [3.8, 4) is 5.88 Å². The minimum absolute atomic E-state index is 0.0909. The van der Waals surface area contributed by atoms with Crippen molar-refractivity contribution in [1.29, 1.82) is 0 Å². The number of nitrogen functional groups attached to an aromatic ring is 1. The number of nitrogens with one attached hydrogen (secondary N) is 1. The monoisotopic (exact) mass is 505 g/mol. The highest BCUT2D eigenvalue weighted by atomic mass is 35.5. The molecule has 2 amide bonds. The fourth-order valence-electron chi connectivity index (χ4n) is 3.03. The predicted octanol–water partition coefficient (Wildman–Crippen LogP) is 2.69. The zero-order valence-electron chi connectivity index (χ0n) is 20.2. The molecule has 0 unspecified atom stereocenters. The van der Waals surface area contributed by atoms with E-state index < -0.39 is 17.6 Å². The van der Waals surface area contributed by atoms with Crippen LogP contribution >= 0.6 is 11.6 Å². The average Bonchev–Trinajstić information content (AvgIpc) is 3.20. The average molecular weight is 506 g/mol. The summed E-state index contributed by atoms with van der Waals surface area (Å²) in [4.78, 5) is 34.8. The maximum atomic E-state index is 12.7. The van der Waals surface area contributed by atoms with Crippen LogP contribution in [0.2, 0.25) is 5.15 Å². The Labute approximate surface area is 207 Å². The van der Waals surface area contributed by atoms with Crippen molar-refractivity contribution in [3.05, 3.63) is 40.8 Å². The number of amides is 2. The number of hydrogen-bond donors (Lipinski definition) is 2. The highest BCUT2D eigenvalue weighted by Crippen LogP contribution is 2.23. The number of carbonyl (C=O) groups is 2. The number of fused-ring (bicyclic) bond motifs is 1. The van der Waals surface area contributed by atoms with E-state index in [0.717, 1.165) is 5.56 Å². The van der Waals surface area contributed by atoms with Gasteiger partial charge >= 0.3 is 6.09 Å². The summed E-state index contributed by atoms with van der Waals surface area (Å²) in [5, 5.41) is 7.05. The molecular weight excluding hydrogens is 478 g/mol. The molecule has 3 aromatic rings. The molecule has 188 valence electrons. The summed E-state index contributed by atoms with van der Waals surface area (Å²) >= 11 is 6.17. The molecule has 0 spiro atoms. The molecule has 3 N–H and O–H groups in total. The number of halogens is 1. The lowest BCUT2D eigenvalue weighted by atomic mass is 10.2. The largest absolute Gasteiger partial charge is 0.480 e. The van der Waals surface area contributed by atoms with Crippen LogP contribution in [-0.2, 0) is 16.1 Å². The SMILES string of the molecule is COc1ncc(COCCNC(=O)c2cnn3c(N(C)C(=O)OC(C)(C)C)cc(Cl)nc23)cc1N. The molecule has 0 aliphatic carbocycles. The van der Waals surface area contributed by atoms with Gasteiger partial charge in [0.05, 0.1) is 32.2 Å². The number of ether oxygens (including phenoxy) is 3. The number of carbonyl (C=O) groups excluding carboxylic acids is 2. The lowest BCUT2D eigenvalue weighted by Gasteiger charge is -2.24. The minimum Gasteiger partial charge on any atom is -0.480 e. The molecule has 0 aliphatic rings. The zero-order chi connectivity index (χ0) is 25.8. The van der Waals surface area contributed by atoms with Gasteiger partial charge in [0.15, 0.2) is 5.65 Å². The third-order valence-corrected chi connectivity index (χ3v) is 4.80. The minimum atomic E-state index is -0.686. The number of pyridine rings is 1. The van der Waals surface area contributed by atoms with E-state index in [0.29, 0.717) is 17.4 Å². The van der Waals surface area contributed by atoms with Crippen molar-refractivity contribution in [1.82, 2.24) is 24.9 Å². The normalized spacial score (nSPS) is 11.4. The lowest BCUT2D eigenvalue weighted by molar-refractivity contribution is 0.0587. The lowest BCUT2D eigenvalue weighted by Crippen LogP contribution is -2.35. The van der Waals surface area contributed by atoms with Crippen LogP contribution < -0.4 is 20.7 Å². The van der Waals surface area contributed by atoms with Crippen LogP contribution in [-0.4, -0.2) is 64.5 Å². The number of rotatable bonds is 8. The van der Waals surface area contributed by atoms with Crippen molar-refractivity contribution in [2.45, 2.75) is 33.0 Å². The van der Waals surface area contributed by atoms with Crippen molar-refractivity contribution in [3.63, 3.8) is 0 Å². The summed E-state index contributed by atoms with van der Waals surface area (Å²) < 4.78 is 17.3. The van der Waals surface area contributed by atoms with Gasteiger partial charge in [-0.05, 0) is 32.4 Å². The van der Waals surface area contributed by atoms with E-state index in [4.69, 9.17) is 31.5 Å². The molecule has 0 fully saturated rings. The first-order chi connectivity index (χ1) is 16.5. The van der Waals surface area contributed by atoms with E-state index in [1.165, 1.54) is 35.8 Å². The molecule has 0 bridgehead atoms. The van der Waals surface area contributed by atoms with E-state index in [1.807, 2.05) is 0 Å². The van der Waals surface area contributed by atoms with Gasteiger partial charge in [-0.3, -0.25) is 9.69 Å². The summed E-state index contributed by atoms with van der Waals surface area (Å²) in [6.07, 6.45) is 2.36. The number of nitrogens with zero attached hydrogens (tertiary/aromatic N) is 5. The summed E-state index contributed by atoms with van der Waals surface area (Å²) in [6, 6.07) is 3.17. The van der Waals surface area contributed by atoms with Gasteiger partial charge < -0.3 is 25.3 Å². The smallest absolute Gasteiger partial charge is 0.415 e. The van der Waals surface area contributed by atoms with E-state index >= 15 is 0 Å². The van der Waals surface area contributed by atoms with Crippen molar-refractivity contribution >= 4 is 40.8 Å². The Bertz CT molecular complexity index is 1220. The molecule has 3 rings (SSSR count). The molecule has 0 saturated carbocycles. The molecule has 0 radical (unpaired) electrons. The van der Waals surface area contributed by atoms with Gasteiger partial charge in [0, 0.05) is 25.9 Å². The number of hydrogen-bond acceptors (Lipinski definition) is 9. The van der Waals surface area contributed by atoms with Crippen molar-refractivity contribution < 1.29 is 23.8 Å². The second kappa shape index (κ2) is 10.7. The van der Waals surface area contributed by atoms with E-state index in [1.54, 1.807) is 33.0 Å². The number of methoxy groups -OCH3 is 1. The zero-order valence-corrected chi connectivity index (χ0v) is 20.9. The summed E-state index contributed by atoms with van der Waals surface area (Å²) in [6.45, 7) is 6.04. The van der Waals surface area contributed by atoms with Crippen LogP contribution in [0, 0.1) is 0 Å². The maximum Gasteiger partial charge on any atom is 0.415 e. The predicted molar refractivity (Wildman–Crippen MR) is 130 cm³/mol. The molecule has 3 heterocycles. The van der Waals surface area contributed by atoms with Gasteiger partial charge in [-0.2, -0.15) is 9.61 Å². The quantitative estimate of drug-likeness (QED) is 0.348. The first kappa shape index (κ1) is 26.0. The Morgan fingerprint density at radius 3 is 2.66 bits per heavy atom. The molecule has 13 heteroatoms. The van der Waals surface area contributed by atoms with Gasteiger partial charge in [-0.25, -0.2) is 14.8 Å². The fourth-order valence-corrected chi connectivity index (χ4v) is 3.21. The Balaban J connectivity index is 1.63. The van der Waals surface area contributed by atoms with Gasteiger partial charge in [-0.15, -0.1) is 0 Å². The van der Waals surface area contributed by atoms with E-state index in [-0.39, 0.29) is 36.1 Å². The van der Waals surface area contributed by atoms with Crippen LogP contribution in [0.25, 0.3) is 5.65 Å². The molecule has 0 aliphatic heterocycles. The Morgan fingerprint density at radius 2 is 2.00 bits per heavy atom. The molecule has 0 atom stereocenters. The van der Waals surface area contributed by atoms with E-state index in [9.17, 15) is 9.59 Å². The summed E-state index contributed by atoms with van der Waals surface area (Å²) in [5.41, 5.74) is 6.73. The van der Waals surface area contributed by atoms with Gasteiger partial charge in [0.1, 0.15) is 22.1 Å². The van der Waals surface area contributed by atoms with Crippen LogP contribution in [0.5, 0.6) is 5.88 Å². The Kier molecular flexibility index (Phi) is 7.97. The number of aromatic nitrogens is 4. The second-order valence-electron chi connectivity index (χ2n) is 8.52. The Morgan fingerprint density at radius 1 is 1.26 bits per heavy atom.